The maximum absolute atomic E-state index is 5.75. The van der Waals surface area contributed by atoms with Gasteiger partial charge in [-0.2, -0.15) is 0 Å². The summed E-state index contributed by atoms with van der Waals surface area (Å²) in [6.45, 7) is 0.890. The van der Waals surface area contributed by atoms with Gasteiger partial charge in [-0.3, -0.25) is 0 Å². The summed E-state index contributed by atoms with van der Waals surface area (Å²) in [5.41, 5.74) is 5.93. The SMILES string of the molecule is NC1CCOC12CC2. The second kappa shape index (κ2) is 1.25. The van der Waals surface area contributed by atoms with Crippen LogP contribution in [-0.4, -0.2) is 18.2 Å². The molecule has 1 atom stereocenters. The fraction of sp³-hybridized carbons (Fsp3) is 1.00. The second-order valence-electron chi connectivity index (χ2n) is 2.81. The van der Waals surface area contributed by atoms with Crippen molar-refractivity contribution in [2.45, 2.75) is 30.9 Å². The van der Waals surface area contributed by atoms with Gasteiger partial charge in [0.15, 0.2) is 0 Å². The zero-order valence-corrected chi connectivity index (χ0v) is 4.89. The highest BCUT2D eigenvalue weighted by atomic mass is 16.5. The third-order valence-electron chi connectivity index (χ3n) is 2.24. The topological polar surface area (TPSA) is 35.2 Å². The van der Waals surface area contributed by atoms with Crippen LogP contribution in [0.3, 0.4) is 0 Å². The molecule has 0 aromatic carbocycles. The molecule has 8 heavy (non-hydrogen) atoms. The van der Waals surface area contributed by atoms with E-state index >= 15 is 0 Å². The quantitative estimate of drug-likeness (QED) is 0.489. The van der Waals surface area contributed by atoms with E-state index in [4.69, 9.17) is 10.5 Å². The molecule has 0 bridgehead atoms. The molecule has 0 aromatic heterocycles. The van der Waals surface area contributed by atoms with Crippen molar-refractivity contribution in [3.63, 3.8) is 0 Å². The van der Waals surface area contributed by atoms with E-state index in [9.17, 15) is 0 Å². The second-order valence-corrected chi connectivity index (χ2v) is 2.81. The summed E-state index contributed by atoms with van der Waals surface area (Å²) < 4.78 is 5.44. The summed E-state index contributed by atoms with van der Waals surface area (Å²) in [5, 5.41) is 0. The molecular formula is C6H11NO. The van der Waals surface area contributed by atoms with Crippen molar-refractivity contribution in [3.05, 3.63) is 0 Å². The van der Waals surface area contributed by atoms with E-state index < -0.39 is 0 Å². The largest absolute Gasteiger partial charge is 0.373 e. The number of rotatable bonds is 0. The Kier molecular flexibility index (Phi) is 0.746. The summed E-state index contributed by atoms with van der Waals surface area (Å²) in [6.07, 6.45) is 3.47. The average molecular weight is 113 g/mol. The predicted octanol–water partition coefficient (Wildman–Crippen LogP) is 0.267. The van der Waals surface area contributed by atoms with Crippen LogP contribution in [0, 0.1) is 0 Å². The molecule has 2 fully saturated rings. The zero-order valence-electron chi connectivity index (χ0n) is 4.89. The third kappa shape index (κ3) is 0.446. The van der Waals surface area contributed by atoms with Crippen LogP contribution in [0.5, 0.6) is 0 Å². The van der Waals surface area contributed by atoms with Gasteiger partial charge >= 0.3 is 0 Å². The molecule has 46 valence electrons. The van der Waals surface area contributed by atoms with Crippen LogP contribution < -0.4 is 5.73 Å². The molecular weight excluding hydrogens is 102 g/mol. The van der Waals surface area contributed by atoms with Crippen molar-refractivity contribution >= 4 is 0 Å². The summed E-state index contributed by atoms with van der Waals surface area (Å²) in [6, 6.07) is 0.350. The zero-order chi connectivity index (χ0) is 5.61. The minimum atomic E-state index is 0.181. The molecule has 1 heterocycles. The first-order valence-electron chi connectivity index (χ1n) is 3.23. The molecule has 1 spiro atoms. The van der Waals surface area contributed by atoms with Gasteiger partial charge in [-0.15, -0.1) is 0 Å². The number of ether oxygens (including phenoxy) is 1. The van der Waals surface area contributed by atoms with Gasteiger partial charge in [-0.1, -0.05) is 0 Å². The first kappa shape index (κ1) is 4.77. The number of hydrogen-bond acceptors (Lipinski definition) is 2. The molecule has 2 heteroatoms. The van der Waals surface area contributed by atoms with Gasteiger partial charge in [-0.05, 0) is 19.3 Å². The van der Waals surface area contributed by atoms with Gasteiger partial charge in [-0.25, -0.2) is 0 Å². The van der Waals surface area contributed by atoms with Crippen molar-refractivity contribution in [1.29, 1.82) is 0 Å². The van der Waals surface area contributed by atoms with Gasteiger partial charge in [0.25, 0.3) is 0 Å². The highest BCUT2D eigenvalue weighted by molar-refractivity contribution is 5.06. The summed E-state index contributed by atoms with van der Waals surface area (Å²) in [4.78, 5) is 0. The molecule has 2 nitrogen and oxygen atoms in total. The summed E-state index contributed by atoms with van der Waals surface area (Å²) >= 11 is 0. The van der Waals surface area contributed by atoms with E-state index in [0.717, 1.165) is 13.0 Å². The molecule has 1 saturated heterocycles. The molecule has 2 rings (SSSR count). The van der Waals surface area contributed by atoms with E-state index in [0.29, 0.717) is 6.04 Å². The molecule has 0 radical (unpaired) electrons. The maximum Gasteiger partial charge on any atom is 0.0835 e. The van der Waals surface area contributed by atoms with Crippen molar-refractivity contribution in [2.75, 3.05) is 6.61 Å². The van der Waals surface area contributed by atoms with Gasteiger partial charge in [0, 0.05) is 12.6 Å². The van der Waals surface area contributed by atoms with Crippen LogP contribution in [-0.2, 0) is 4.74 Å². The lowest BCUT2D eigenvalue weighted by molar-refractivity contribution is 0.0835. The Labute approximate surface area is 49.0 Å². The van der Waals surface area contributed by atoms with Gasteiger partial charge in [0.2, 0.25) is 0 Å². The molecule has 0 amide bonds. The molecule has 1 saturated carbocycles. The maximum atomic E-state index is 5.75. The van der Waals surface area contributed by atoms with Crippen LogP contribution in [0.15, 0.2) is 0 Å². The molecule has 2 aliphatic rings. The lowest BCUT2D eigenvalue weighted by Crippen LogP contribution is -2.31. The lowest BCUT2D eigenvalue weighted by Gasteiger charge is -2.09. The smallest absolute Gasteiger partial charge is 0.0835 e. The Morgan fingerprint density at radius 3 is 2.50 bits per heavy atom. The first-order chi connectivity index (χ1) is 3.83. The van der Waals surface area contributed by atoms with Crippen molar-refractivity contribution in [2.24, 2.45) is 5.73 Å². The van der Waals surface area contributed by atoms with Gasteiger partial charge in [0.1, 0.15) is 0 Å². The van der Waals surface area contributed by atoms with E-state index in [-0.39, 0.29) is 5.60 Å². The van der Waals surface area contributed by atoms with Crippen LogP contribution >= 0.6 is 0 Å². The average Bonchev–Trinajstić information content (AvgIpc) is 2.39. The third-order valence-corrected chi connectivity index (χ3v) is 2.24. The van der Waals surface area contributed by atoms with Crippen LogP contribution in [0.2, 0.25) is 0 Å². The Bertz CT molecular complexity index is 109. The molecule has 1 unspecified atom stereocenters. The van der Waals surface area contributed by atoms with Crippen LogP contribution in [0.4, 0.5) is 0 Å². The van der Waals surface area contributed by atoms with Crippen molar-refractivity contribution in [3.8, 4) is 0 Å². The summed E-state index contributed by atoms with van der Waals surface area (Å²) in [5.74, 6) is 0. The van der Waals surface area contributed by atoms with Crippen LogP contribution in [0.1, 0.15) is 19.3 Å². The first-order valence-corrected chi connectivity index (χ1v) is 3.23. The molecule has 2 N–H and O–H groups in total. The Balaban J connectivity index is 2.12. The Hall–Kier alpha value is -0.0800. The predicted molar refractivity (Wildman–Crippen MR) is 30.5 cm³/mol. The summed E-state index contributed by atoms with van der Waals surface area (Å²) in [7, 11) is 0. The normalized spacial score (nSPS) is 40.9. The molecule has 1 aliphatic carbocycles. The highest BCUT2D eigenvalue weighted by Crippen LogP contribution is 2.46. The van der Waals surface area contributed by atoms with E-state index in [2.05, 4.69) is 0 Å². The number of nitrogens with two attached hydrogens (primary N) is 1. The van der Waals surface area contributed by atoms with E-state index in [1.165, 1.54) is 12.8 Å². The highest BCUT2D eigenvalue weighted by Gasteiger charge is 2.52. The van der Waals surface area contributed by atoms with Crippen LogP contribution in [0.25, 0.3) is 0 Å². The monoisotopic (exact) mass is 113 g/mol. The standard InChI is InChI=1S/C6H11NO/c7-5-1-4-8-6(5)2-3-6/h5H,1-4,7H2. The minimum absolute atomic E-state index is 0.181. The Morgan fingerprint density at radius 2 is 2.25 bits per heavy atom. The number of hydrogen-bond donors (Lipinski definition) is 1. The fourth-order valence-electron chi connectivity index (χ4n) is 1.40. The van der Waals surface area contributed by atoms with Gasteiger partial charge in [0.05, 0.1) is 5.60 Å². The van der Waals surface area contributed by atoms with Crippen molar-refractivity contribution in [1.82, 2.24) is 0 Å². The Morgan fingerprint density at radius 1 is 1.50 bits per heavy atom. The lowest BCUT2D eigenvalue weighted by atomic mass is 10.1. The fourth-order valence-corrected chi connectivity index (χ4v) is 1.40. The molecule has 1 aliphatic heterocycles. The minimum Gasteiger partial charge on any atom is -0.373 e. The van der Waals surface area contributed by atoms with E-state index in [1.54, 1.807) is 0 Å². The van der Waals surface area contributed by atoms with E-state index in [1.807, 2.05) is 0 Å². The van der Waals surface area contributed by atoms with Crippen molar-refractivity contribution < 1.29 is 4.74 Å². The molecule has 0 aromatic rings. The van der Waals surface area contributed by atoms with Gasteiger partial charge < -0.3 is 10.5 Å².